The first-order valence-corrected chi connectivity index (χ1v) is 5.79. The fourth-order valence-corrected chi connectivity index (χ4v) is 1.66. The van der Waals surface area contributed by atoms with Crippen LogP contribution < -0.4 is 5.32 Å². The second kappa shape index (κ2) is 5.75. The van der Waals surface area contributed by atoms with Crippen molar-refractivity contribution in [3.63, 3.8) is 0 Å². The maximum Gasteiger partial charge on any atom is 0.254 e. The molecule has 19 heavy (non-hydrogen) atoms. The molecule has 1 aromatic carbocycles. The number of nitrogens with one attached hydrogen (secondary N) is 1. The molecule has 0 saturated carbocycles. The summed E-state index contributed by atoms with van der Waals surface area (Å²) >= 11 is 5.47. The minimum atomic E-state index is -0.893. The average molecular weight is 283 g/mol. The molecule has 0 bridgehead atoms. The Kier molecular flexibility index (Phi) is 4.06. The maximum absolute atomic E-state index is 13.5. The number of carbonyl (C=O) groups excluding carboxylic acids is 1. The molecule has 0 fully saturated rings. The van der Waals surface area contributed by atoms with Crippen LogP contribution in [-0.4, -0.2) is 10.9 Å². The number of hydrogen-bond donors (Lipinski definition) is 1. The molecule has 98 valence electrons. The van der Waals surface area contributed by atoms with E-state index in [4.69, 9.17) is 11.6 Å². The second-order valence-electron chi connectivity index (χ2n) is 3.74. The predicted molar refractivity (Wildman–Crippen MR) is 66.8 cm³/mol. The molecule has 6 heteroatoms. The van der Waals surface area contributed by atoms with Crippen molar-refractivity contribution in [1.82, 2.24) is 10.3 Å². The first kappa shape index (κ1) is 13.4. The van der Waals surface area contributed by atoms with Crippen molar-refractivity contribution in [2.24, 2.45) is 0 Å². The van der Waals surface area contributed by atoms with Crippen LogP contribution in [0.4, 0.5) is 8.78 Å². The Bertz CT molecular complexity index is 619. The van der Waals surface area contributed by atoms with Gasteiger partial charge >= 0.3 is 0 Å². The molecule has 0 unspecified atom stereocenters. The molecule has 3 nitrogen and oxygen atoms in total. The van der Waals surface area contributed by atoms with Gasteiger partial charge in [0.2, 0.25) is 0 Å². The van der Waals surface area contributed by atoms with E-state index >= 15 is 0 Å². The minimum absolute atomic E-state index is 0.0368. The van der Waals surface area contributed by atoms with Gasteiger partial charge in [0.25, 0.3) is 5.91 Å². The summed E-state index contributed by atoms with van der Waals surface area (Å²) in [7, 11) is 0. The summed E-state index contributed by atoms with van der Waals surface area (Å²) < 4.78 is 26.9. The fraction of sp³-hybridized carbons (Fsp3) is 0.0769. The molecule has 0 radical (unpaired) electrons. The summed E-state index contributed by atoms with van der Waals surface area (Å²) in [4.78, 5) is 15.2. The number of carbonyl (C=O) groups is 1. The molecule has 0 aliphatic heterocycles. The first-order chi connectivity index (χ1) is 9.09. The van der Waals surface area contributed by atoms with Gasteiger partial charge in [-0.3, -0.25) is 4.79 Å². The number of pyridine rings is 1. The largest absolute Gasteiger partial charge is 0.348 e. The molecule has 1 amide bonds. The predicted octanol–water partition coefficient (Wildman–Crippen LogP) is 2.94. The van der Waals surface area contributed by atoms with Crippen molar-refractivity contribution in [2.45, 2.75) is 6.54 Å². The molecule has 0 aliphatic carbocycles. The molecule has 1 heterocycles. The Morgan fingerprint density at radius 1 is 1.26 bits per heavy atom. The van der Waals surface area contributed by atoms with Gasteiger partial charge < -0.3 is 5.32 Å². The summed E-state index contributed by atoms with van der Waals surface area (Å²) in [5.41, 5.74) is 0.0905. The molecule has 0 aliphatic rings. The van der Waals surface area contributed by atoms with Crippen molar-refractivity contribution in [2.75, 3.05) is 0 Å². The zero-order chi connectivity index (χ0) is 13.8. The highest BCUT2D eigenvalue weighted by Gasteiger charge is 2.15. The van der Waals surface area contributed by atoms with Crippen molar-refractivity contribution >= 4 is 17.5 Å². The van der Waals surface area contributed by atoms with Gasteiger partial charge in [-0.2, -0.15) is 0 Å². The standard InChI is InChI=1S/C13H9ClF2N2O/c14-12-11(16)9(5-6-17-12)13(19)18-7-8-3-1-2-4-10(8)15/h1-6H,7H2,(H,18,19). The van der Waals surface area contributed by atoms with Crippen LogP contribution in [0.25, 0.3) is 0 Å². The highest BCUT2D eigenvalue weighted by atomic mass is 35.5. The van der Waals surface area contributed by atoms with Gasteiger partial charge in [0, 0.05) is 18.3 Å². The van der Waals surface area contributed by atoms with E-state index in [1.54, 1.807) is 12.1 Å². The summed E-state index contributed by atoms with van der Waals surface area (Å²) in [6.07, 6.45) is 1.23. The zero-order valence-electron chi connectivity index (χ0n) is 9.66. The quantitative estimate of drug-likeness (QED) is 0.880. The van der Waals surface area contributed by atoms with Crippen LogP contribution in [-0.2, 0) is 6.54 Å². The van der Waals surface area contributed by atoms with E-state index < -0.39 is 17.5 Å². The number of aromatic nitrogens is 1. The lowest BCUT2D eigenvalue weighted by atomic mass is 10.2. The number of rotatable bonds is 3. The minimum Gasteiger partial charge on any atom is -0.348 e. The summed E-state index contributed by atoms with van der Waals surface area (Å²) in [6.45, 7) is -0.0368. The van der Waals surface area contributed by atoms with E-state index in [0.717, 1.165) is 0 Å². The number of hydrogen-bond acceptors (Lipinski definition) is 2. The van der Waals surface area contributed by atoms with Crippen LogP contribution in [0.15, 0.2) is 36.5 Å². The molecule has 0 atom stereocenters. The molecule has 0 saturated heterocycles. The van der Waals surface area contributed by atoms with E-state index in [1.807, 2.05) is 0 Å². The van der Waals surface area contributed by atoms with Crippen molar-refractivity contribution in [3.05, 3.63) is 64.4 Å². The van der Waals surface area contributed by atoms with E-state index in [2.05, 4.69) is 10.3 Å². The van der Waals surface area contributed by atoms with Crippen molar-refractivity contribution in [3.8, 4) is 0 Å². The Balaban J connectivity index is 2.10. The van der Waals surface area contributed by atoms with E-state index in [0.29, 0.717) is 5.56 Å². The Morgan fingerprint density at radius 2 is 2.00 bits per heavy atom. The highest BCUT2D eigenvalue weighted by Crippen LogP contribution is 2.15. The molecular formula is C13H9ClF2N2O. The third-order valence-electron chi connectivity index (χ3n) is 2.49. The Labute approximate surface area is 113 Å². The van der Waals surface area contributed by atoms with Crippen molar-refractivity contribution in [1.29, 1.82) is 0 Å². The SMILES string of the molecule is O=C(NCc1ccccc1F)c1ccnc(Cl)c1F. The van der Waals surface area contributed by atoms with E-state index in [9.17, 15) is 13.6 Å². The van der Waals surface area contributed by atoms with Crippen LogP contribution in [0.3, 0.4) is 0 Å². The highest BCUT2D eigenvalue weighted by molar-refractivity contribution is 6.29. The zero-order valence-corrected chi connectivity index (χ0v) is 10.4. The van der Waals surface area contributed by atoms with Crippen LogP contribution in [0.2, 0.25) is 5.15 Å². The summed E-state index contributed by atoms with van der Waals surface area (Å²) in [5, 5.41) is 2.04. The van der Waals surface area contributed by atoms with Gasteiger partial charge in [-0.25, -0.2) is 13.8 Å². The second-order valence-corrected chi connectivity index (χ2v) is 4.10. The first-order valence-electron chi connectivity index (χ1n) is 5.41. The smallest absolute Gasteiger partial charge is 0.254 e. The van der Waals surface area contributed by atoms with Crippen LogP contribution in [0.1, 0.15) is 15.9 Å². The van der Waals surface area contributed by atoms with Crippen LogP contribution in [0, 0.1) is 11.6 Å². The van der Waals surface area contributed by atoms with E-state index in [1.165, 1.54) is 24.4 Å². The topological polar surface area (TPSA) is 42.0 Å². The van der Waals surface area contributed by atoms with Gasteiger partial charge in [-0.05, 0) is 12.1 Å². The average Bonchev–Trinajstić information content (AvgIpc) is 2.40. The third kappa shape index (κ3) is 3.06. The Hall–Kier alpha value is -2.01. The summed E-state index contributed by atoms with van der Waals surface area (Å²) in [6, 6.07) is 7.21. The van der Waals surface area contributed by atoms with Gasteiger partial charge in [0.1, 0.15) is 5.82 Å². The van der Waals surface area contributed by atoms with E-state index in [-0.39, 0.29) is 17.3 Å². The molecule has 0 spiro atoms. The fourth-order valence-electron chi connectivity index (χ4n) is 1.51. The lowest BCUT2D eigenvalue weighted by Crippen LogP contribution is -2.24. The molecular weight excluding hydrogens is 274 g/mol. The van der Waals surface area contributed by atoms with Gasteiger partial charge in [0.05, 0.1) is 5.56 Å². The number of amides is 1. The summed E-state index contributed by atoms with van der Waals surface area (Å²) in [5.74, 6) is -2.00. The number of halogens is 3. The molecule has 1 N–H and O–H groups in total. The molecule has 1 aromatic heterocycles. The molecule has 2 rings (SSSR count). The normalized spacial score (nSPS) is 10.3. The van der Waals surface area contributed by atoms with Crippen molar-refractivity contribution < 1.29 is 13.6 Å². The van der Waals surface area contributed by atoms with Gasteiger partial charge in [-0.15, -0.1) is 0 Å². The van der Waals surface area contributed by atoms with Gasteiger partial charge in [0.15, 0.2) is 11.0 Å². The van der Waals surface area contributed by atoms with Gasteiger partial charge in [-0.1, -0.05) is 29.8 Å². The van der Waals surface area contributed by atoms with Crippen LogP contribution >= 0.6 is 11.6 Å². The monoisotopic (exact) mass is 282 g/mol. The van der Waals surface area contributed by atoms with Crippen LogP contribution in [0.5, 0.6) is 0 Å². The Morgan fingerprint density at radius 3 is 2.74 bits per heavy atom. The lowest BCUT2D eigenvalue weighted by Gasteiger charge is -2.07. The lowest BCUT2D eigenvalue weighted by molar-refractivity contribution is 0.0946. The maximum atomic E-state index is 13.5. The number of nitrogens with zero attached hydrogens (tertiary/aromatic N) is 1. The third-order valence-corrected chi connectivity index (χ3v) is 2.75. The molecule has 2 aromatic rings. The number of benzene rings is 1.